The topological polar surface area (TPSA) is 28.7 Å². The van der Waals surface area contributed by atoms with Crippen LogP contribution in [0, 0.1) is 0 Å². The van der Waals surface area contributed by atoms with Crippen LogP contribution in [0.15, 0.2) is 56.6 Å². The van der Waals surface area contributed by atoms with E-state index in [4.69, 9.17) is 0 Å². The summed E-state index contributed by atoms with van der Waals surface area (Å²) >= 11 is 8.75. The Balaban J connectivity index is 0.00000147. The van der Waals surface area contributed by atoms with E-state index >= 15 is 0 Å². The lowest BCUT2D eigenvalue weighted by molar-refractivity contribution is 1.08. The number of thioether (sulfide) groups is 1. The van der Waals surface area contributed by atoms with E-state index < -0.39 is 0 Å². The van der Waals surface area contributed by atoms with Crippen LogP contribution in [-0.2, 0) is 5.75 Å². The van der Waals surface area contributed by atoms with Crippen LogP contribution in [0.4, 0.5) is 0 Å². The molecule has 0 unspecified atom stereocenters. The molecule has 2 nitrogen and oxygen atoms in total. The molecule has 0 saturated heterocycles. The lowest BCUT2D eigenvalue weighted by Crippen LogP contribution is -1.84. The fraction of sp³-hybridized carbons (Fsp3) is 0.0714. The summed E-state index contributed by atoms with van der Waals surface area (Å²) in [4.78, 5) is 7.88. The quantitative estimate of drug-likeness (QED) is 0.470. The first-order chi connectivity index (χ1) is 9.22. The van der Waals surface area contributed by atoms with Gasteiger partial charge in [-0.3, -0.25) is 0 Å². The highest BCUT2D eigenvalue weighted by Gasteiger charge is 2.05. The van der Waals surface area contributed by atoms with Gasteiger partial charge in [-0.05, 0) is 29.8 Å². The Morgan fingerprint density at radius 2 is 1.90 bits per heavy atom. The molecule has 0 radical (unpaired) electrons. The third kappa shape index (κ3) is 3.67. The predicted octanol–water partition coefficient (Wildman–Crippen LogP) is 5.96. The van der Waals surface area contributed by atoms with Gasteiger partial charge in [0.25, 0.3) is 0 Å². The van der Waals surface area contributed by atoms with E-state index in [1.54, 1.807) is 11.8 Å². The van der Waals surface area contributed by atoms with Crippen molar-refractivity contribution in [2.45, 2.75) is 10.9 Å². The van der Waals surface area contributed by atoms with Crippen LogP contribution < -0.4 is 0 Å². The Morgan fingerprint density at radius 1 is 1.10 bits per heavy atom. The van der Waals surface area contributed by atoms with Gasteiger partial charge in [-0.25, -0.2) is 4.98 Å². The van der Waals surface area contributed by atoms with E-state index in [1.165, 1.54) is 5.56 Å². The molecule has 3 aromatic rings. The summed E-state index contributed by atoms with van der Waals surface area (Å²) in [5.74, 6) is 0.883. The largest absolute Gasteiger partial charge is 0.333 e. The van der Waals surface area contributed by atoms with Gasteiger partial charge < -0.3 is 4.98 Å². The number of aromatic amines is 1. The number of aromatic nitrogens is 2. The fourth-order valence-electron chi connectivity index (χ4n) is 1.78. The van der Waals surface area contributed by atoms with Crippen molar-refractivity contribution in [3.05, 3.63) is 57.0 Å². The van der Waals surface area contributed by atoms with Crippen molar-refractivity contribution in [3.63, 3.8) is 0 Å². The molecule has 0 aliphatic rings. The number of halogens is 3. The Kier molecular flexibility index (Phi) is 5.72. The number of imidazole rings is 1. The molecule has 3 rings (SSSR count). The Bertz CT molecular complexity index is 694. The summed E-state index contributed by atoms with van der Waals surface area (Å²) < 4.78 is 2.20. The molecule has 0 fully saturated rings. The van der Waals surface area contributed by atoms with Crippen molar-refractivity contribution in [2.24, 2.45) is 0 Å². The van der Waals surface area contributed by atoms with E-state index in [-0.39, 0.29) is 17.0 Å². The maximum atomic E-state index is 4.56. The minimum Gasteiger partial charge on any atom is -0.333 e. The summed E-state index contributed by atoms with van der Waals surface area (Å²) in [7, 11) is 0. The normalized spacial score (nSPS) is 10.5. The number of rotatable bonds is 3. The number of para-hydroxylation sites is 2. The van der Waals surface area contributed by atoms with E-state index in [9.17, 15) is 0 Å². The Labute approximate surface area is 148 Å². The number of H-pyrrole nitrogens is 1. The van der Waals surface area contributed by atoms with Crippen molar-refractivity contribution in [3.8, 4) is 0 Å². The molecule has 6 heteroatoms. The van der Waals surface area contributed by atoms with E-state index in [2.05, 4.69) is 60.0 Å². The highest BCUT2D eigenvalue weighted by Crippen LogP contribution is 2.28. The molecule has 0 spiro atoms. The van der Waals surface area contributed by atoms with Crippen molar-refractivity contribution in [2.75, 3.05) is 0 Å². The summed E-state index contributed by atoms with van der Waals surface area (Å²) in [5, 5.41) is 0.955. The summed E-state index contributed by atoms with van der Waals surface area (Å²) in [6.07, 6.45) is 0. The SMILES string of the molecule is Br.Brc1ccc(CSc2nc3ccccc3[nH]2)c(Br)c1. The number of nitrogens with zero attached hydrogens (tertiary/aromatic N) is 1. The minimum atomic E-state index is 0. The van der Waals surface area contributed by atoms with Crippen LogP contribution in [0.3, 0.4) is 0 Å². The summed E-state index contributed by atoms with van der Waals surface area (Å²) in [6.45, 7) is 0. The van der Waals surface area contributed by atoms with Crippen LogP contribution in [0.1, 0.15) is 5.56 Å². The molecule has 1 heterocycles. The zero-order chi connectivity index (χ0) is 13.2. The molecule has 104 valence electrons. The van der Waals surface area contributed by atoms with E-state index in [0.29, 0.717) is 0 Å². The molecule has 1 aromatic heterocycles. The first-order valence-electron chi connectivity index (χ1n) is 5.74. The predicted molar refractivity (Wildman–Crippen MR) is 97.8 cm³/mol. The van der Waals surface area contributed by atoms with Crippen molar-refractivity contribution >= 4 is 71.6 Å². The average Bonchev–Trinajstić information content (AvgIpc) is 2.80. The number of benzene rings is 2. The van der Waals surface area contributed by atoms with Gasteiger partial charge in [-0.1, -0.05) is 61.8 Å². The van der Waals surface area contributed by atoms with Gasteiger partial charge in [-0.2, -0.15) is 0 Å². The molecular weight excluding hydrogens is 468 g/mol. The fourth-order valence-corrected chi connectivity index (χ4v) is 4.04. The van der Waals surface area contributed by atoms with Crippen LogP contribution in [0.5, 0.6) is 0 Å². The van der Waals surface area contributed by atoms with Gasteiger partial charge in [0.05, 0.1) is 11.0 Å². The highest BCUT2D eigenvalue weighted by molar-refractivity contribution is 9.11. The van der Waals surface area contributed by atoms with Crippen LogP contribution >= 0.6 is 60.6 Å². The second kappa shape index (κ2) is 7.11. The number of hydrogen-bond acceptors (Lipinski definition) is 2. The number of nitrogens with one attached hydrogen (secondary N) is 1. The Hall–Kier alpha value is -0.300. The maximum absolute atomic E-state index is 4.56. The third-order valence-electron chi connectivity index (χ3n) is 2.75. The lowest BCUT2D eigenvalue weighted by Gasteiger charge is -2.03. The maximum Gasteiger partial charge on any atom is 0.166 e. The van der Waals surface area contributed by atoms with Crippen molar-refractivity contribution in [1.29, 1.82) is 0 Å². The molecular formula is C14H11Br3N2S. The first kappa shape index (κ1) is 16.1. The Morgan fingerprint density at radius 3 is 2.65 bits per heavy atom. The molecule has 0 atom stereocenters. The monoisotopic (exact) mass is 476 g/mol. The molecule has 2 aromatic carbocycles. The standard InChI is InChI=1S/C14H10Br2N2S.BrH/c15-10-6-5-9(11(16)7-10)8-19-14-17-12-3-1-2-4-13(12)18-14;/h1-7H,8H2,(H,17,18);1H. The number of fused-ring (bicyclic) bond motifs is 1. The average molecular weight is 479 g/mol. The van der Waals surface area contributed by atoms with Crippen LogP contribution in [-0.4, -0.2) is 9.97 Å². The van der Waals surface area contributed by atoms with Gasteiger partial charge in [0, 0.05) is 14.7 Å². The smallest absolute Gasteiger partial charge is 0.166 e. The molecule has 0 aliphatic heterocycles. The zero-order valence-corrected chi connectivity index (χ0v) is 16.0. The zero-order valence-electron chi connectivity index (χ0n) is 10.3. The van der Waals surface area contributed by atoms with Crippen LogP contribution in [0.25, 0.3) is 11.0 Å². The molecule has 0 amide bonds. The van der Waals surface area contributed by atoms with Gasteiger partial charge in [0.15, 0.2) is 5.16 Å². The van der Waals surface area contributed by atoms with Gasteiger partial charge in [0.2, 0.25) is 0 Å². The van der Waals surface area contributed by atoms with E-state index in [1.807, 2.05) is 24.3 Å². The van der Waals surface area contributed by atoms with Gasteiger partial charge >= 0.3 is 0 Å². The first-order valence-corrected chi connectivity index (χ1v) is 8.31. The molecule has 0 bridgehead atoms. The third-order valence-corrected chi connectivity index (χ3v) is 4.90. The van der Waals surface area contributed by atoms with Crippen molar-refractivity contribution in [1.82, 2.24) is 9.97 Å². The van der Waals surface area contributed by atoms with Crippen molar-refractivity contribution < 1.29 is 0 Å². The number of hydrogen-bond donors (Lipinski definition) is 1. The summed E-state index contributed by atoms with van der Waals surface area (Å²) in [5.41, 5.74) is 3.35. The van der Waals surface area contributed by atoms with Crippen LogP contribution in [0.2, 0.25) is 0 Å². The van der Waals surface area contributed by atoms with Gasteiger partial charge in [0.1, 0.15) is 0 Å². The van der Waals surface area contributed by atoms with Gasteiger partial charge in [-0.15, -0.1) is 17.0 Å². The highest BCUT2D eigenvalue weighted by atomic mass is 79.9. The molecule has 0 saturated carbocycles. The molecule has 0 aliphatic carbocycles. The molecule has 20 heavy (non-hydrogen) atoms. The van der Waals surface area contributed by atoms with E-state index in [0.717, 1.165) is 30.9 Å². The summed E-state index contributed by atoms with van der Waals surface area (Å²) in [6, 6.07) is 14.3. The lowest BCUT2D eigenvalue weighted by atomic mass is 10.2. The second-order valence-corrected chi connectivity index (χ2v) is 6.82. The minimum absolute atomic E-state index is 0. The second-order valence-electron chi connectivity index (χ2n) is 4.08. The molecule has 1 N–H and O–H groups in total.